The van der Waals surface area contributed by atoms with Crippen molar-refractivity contribution in [1.29, 1.82) is 0 Å². The number of carboxylic acid groups (broad SMARTS) is 1. The summed E-state index contributed by atoms with van der Waals surface area (Å²) in [6.07, 6.45) is 4.71. The smallest absolute Gasteiger partial charge is 0.335 e. The van der Waals surface area contributed by atoms with Crippen molar-refractivity contribution in [3.63, 3.8) is 0 Å². The number of pyridine rings is 1. The highest BCUT2D eigenvalue weighted by molar-refractivity contribution is 5.87. The van der Waals surface area contributed by atoms with Crippen LogP contribution >= 0.6 is 0 Å². The van der Waals surface area contributed by atoms with Crippen LogP contribution in [0.25, 0.3) is 0 Å². The molecule has 0 fully saturated rings. The molecule has 0 saturated carbocycles. The Morgan fingerprint density at radius 3 is 2.71 bits per heavy atom. The molecule has 0 saturated heterocycles. The van der Waals surface area contributed by atoms with E-state index in [2.05, 4.69) is 20.3 Å². The third-order valence-corrected chi connectivity index (χ3v) is 2.06. The molecule has 0 radical (unpaired) electrons. The second kappa shape index (κ2) is 5.02. The Bertz CT molecular complexity index is 516. The number of nitrogens with one attached hydrogen (secondary N) is 1. The molecule has 0 unspecified atom stereocenters. The van der Waals surface area contributed by atoms with Crippen LogP contribution in [0.3, 0.4) is 0 Å². The van der Waals surface area contributed by atoms with Crippen LogP contribution in [-0.4, -0.2) is 26.0 Å². The quantitative estimate of drug-likeness (QED) is 0.820. The van der Waals surface area contributed by atoms with Crippen LogP contribution in [0.5, 0.6) is 0 Å². The molecular formula is C11H10N4O2. The number of aromatic carboxylic acids is 1. The standard InChI is InChI=1S/C11H10N4O2/c16-10(17)8-2-5-12-9(6-8)7-15-11-13-3-1-4-14-11/h1-6H,7H2,(H,16,17)(H,13,14,15). The topological polar surface area (TPSA) is 88.0 Å². The monoisotopic (exact) mass is 230 g/mol. The molecule has 0 aliphatic heterocycles. The maximum Gasteiger partial charge on any atom is 0.335 e. The van der Waals surface area contributed by atoms with Crippen molar-refractivity contribution in [2.24, 2.45) is 0 Å². The number of carbonyl (C=O) groups is 1. The molecule has 2 aromatic heterocycles. The predicted molar refractivity (Wildman–Crippen MR) is 60.6 cm³/mol. The third-order valence-electron chi connectivity index (χ3n) is 2.06. The number of hydrogen-bond donors (Lipinski definition) is 2. The van der Waals surface area contributed by atoms with Gasteiger partial charge in [-0.1, -0.05) is 0 Å². The summed E-state index contributed by atoms with van der Waals surface area (Å²) in [6, 6.07) is 4.68. The van der Waals surface area contributed by atoms with Gasteiger partial charge in [0.25, 0.3) is 0 Å². The Hall–Kier alpha value is -2.50. The molecule has 6 heteroatoms. The van der Waals surface area contributed by atoms with Crippen LogP contribution in [-0.2, 0) is 6.54 Å². The van der Waals surface area contributed by atoms with Gasteiger partial charge in [0.05, 0.1) is 17.8 Å². The Morgan fingerprint density at radius 2 is 2.00 bits per heavy atom. The fourth-order valence-corrected chi connectivity index (χ4v) is 1.27. The summed E-state index contributed by atoms with van der Waals surface area (Å²) in [5, 5.41) is 11.8. The molecule has 0 amide bonds. The van der Waals surface area contributed by atoms with Crippen molar-refractivity contribution in [3.05, 3.63) is 48.0 Å². The van der Waals surface area contributed by atoms with E-state index in [9.17, 15) is 4.79 Å². The average molecular weight is 230 g/mol. The zero-order valence-electron chi connectivity index (χ0n) is 8.87. The first-order chi connectivity index (χ1) is 8.25. The van der Waals surface area contributed by atoms with Gasteiger partial charge in [-0.15, -0.1) is 0 Å². The molecule has 2 aromatic rings. The summed E-state index contributed by atoms with van der Waals surface area (Å²) in [6.45, 7) is 0.380. The summed E-state index contributed by atoms with van der Waals surface area (Å²) >= 11 is 0. The lowest BCUT2D eigenvalue weighted by molar-refractivity contribution is 0.0696. The number of anilines is 1. The molecule has 0 spiro atoms. The van der Waals surface area contributed by atoms with Gasteiger partial charge in [0.1, 0.15) is 0 Å². The Labute approximate surface area is 97.4 Å². The predicted octanol–water partition coefficient (Wildman–Crippen LogP) is 1.18. The van der Waals surface area contributed by atoms with Gasteiger partial charge >= 0.3 is 5.97 Å². The molecule has 0 aromatic carbocycles. The van der Waals surface area contributed by atoms with Crippen LogP contribution in [0.2, 0.25) is 0 Å². The van der Waals surface area contributed by atoms with Crippen molar-refractivity contribution in [1.82, 2.24) is 15.0 Å². The van der Waals surface area contributed by atoms with Crippen LogP contribution < -0.4 is 5.32 Å². The van der Waals surface area contributed by atoms with E-state index in [4.69, 9.17) is 5.11 Å². The van der Waals surface area contributed by atoms with Crippen LogP contribution in [0, 0.1) is 0 Å². The highest BCUT2D eigenvalue weighted by atomic mass is 16.4. The van der Waals surface area contributed by atoms with Gasteiger partial charge in [-0.05, 0) is 18.2 Å². The maximum atomic E-state index is 10.8. The van der Waals surface area contributed by atoms with E-state index in [1.54, 1.807) is 18.5 Å². The fourth-order valence-electron chi connectivity index (χ4n) is 1.27. The van der Waals surface area contributed by atoms with Gasteiger partial charge in [-0.2, -0.15) is 0 Å². The molecule has 86 valence electrons. The van der Waals surface area contributed by atoms with Gasteiger partial charge in [-0.25, -0.2) is 14.8 Å². The van der Waals surface area contributed by atoms with E-state index in [1.165, 1.54) is 18.3 Å². The third kappa shape index (κ3) is 2.97. The van der Waals surface area contributed by atoms with Gasteiger partial charge < -0.3 is 10.4 Å². The van der Waals surface area contributed by atoms with Gasteiger partial charge in [0, 0.05) is 18.6 Å². The zero-order chi connectivity index (χ0) is 12.1. The minimum absolute atomic E-state index is 0.214. The molecule has 0 atom stereocenters. The summed E-state index contributed by atoms with van der Waals surface area (Å²) < 4.78 is 0. The average Bonchev–Trinajstić information content (AvgIpc) is 2.38. The molecule has 0 aliphatic carbocycles. The molecule has 2 rings (SSSR count). The first-order valence-corrected chi connectivity index (χ1v) is 4.95. The second-order valence-electron chi connectivity index (χ2n) is 3.27. The number of aromatic nitrogens is 3. The first-order valence-electron chi connectivity index (χ1n) is 4.95. The molecule has 17 heavy (non-hydrogen) atoms. The van der Waals surface area contributed by atoms with Crippen molar-refractivity contribution >= 4 is 11.9 Å². The molecule has 2 heterocycles. The lowest BCUT2D eigenvalue weighted by Crippen LogP contribution is -2.06. The highest BCUT2D eigenvalue weighted by Gasteiger charge is 2.04. The Morgan fingerprint density at radius 1 is 1.24 bits per heavy atom. The van der Waals surface area contributed by atoms with Crippen molar-refractivity contribution in [2.75, 3.05) is 5.32 Å². The van der Waals surface area contributed by atoms with E-state index < -0.39 is 5.97 Å². The Balaban J connectivity index is 2.04. The van der Waals surface area contributed by atoms with Crippen LogP contribution in [0.1, 0.15) is 16.1 Å². The number of rotatable bonds is 4. The Kier molecular flexibility index (Phi) is 3.25. The summed E-state index contributed by atoms with van der Waals surface area (Å²) in [5.41, 5.74) is 0.836. The van der Waals surface area contributed by atoms with E-state index >= 15 is 0 Å². The molecule has 2 N–H and O–H groups in total. The van der Waals surface area contributed by atoms with E-state index in [-0.39, 0.29) is 5.56 Å². The minimum Gasteiger partial charge on any atom is -0.478 e. The molecule has 6 nitrogen and oxygen atoms in total. The van der Waals surface area contributed by atoms with E-state index in [1.807, 2.05) is 0 Å². The number of carboxylic acids is 1. The zero-order valence-corrected chi connectivity index (χ0v) is 8.87. The second-order valence-corrected chi connectivity index (χ2v) is 3.27. The van der Waals surface area contributed by atoms with Gasteiger partial charge in [0.2, 0.25) is 5.95 Å². The normalized spacial score (nSPS) is 9.88. The highest BCUT2D eigenvalue weighted by Crippen LogP contribution is 2.04. The number of nitrogens with zero attached hydrogens (tertiary/aromatic N) is 3. The summed E-state index contributed by atoms with van der Waals surface area (Å²) in [7, 11) is 0. The first kappa shape index (κ1) is 11.0. The molecule has 0 aliphatic rings. The van der Waals surface area contributed by atoms with Crippen molar-refractivity contribution in [2.45, 2.75) is 6.54 Å². The summed E-state index contributed by atoms with van der Waals surface area (Å²) in [5.74, 6) is -0.486. The van der Waals surface area contributed by atoms with E-state index in [0.29, 0.717) is 18.2 Å². The van der Waals surface area contributed by atoms with Crippen molar-refractivity contribution in [3.8, 4) is 0 Å². The number of hydrogen-bond acceptors (Lipinski definition) is 5. The minimum atomic E-state index is -0.968. The van der Waals surface area contributed by atoms with Gasteiger partial charge in [-0.3, -0.25) is 4.98 Å². The molecular weight excluding hydrogens is 220 g/mol. The van der Waals surface area contributed by atoms with Crippen LogP contribution in [0.4, 0.5) is 5.95 Å². The SMILES string of the molecule is O=C(O)c1ccnc(CNc2ncccn2)c1. The van der Waals surface area contributed by atoms with Crippen molar-refractivity contribution < 1.29 is 9.90 Å². The lowest BCUT2D eigenvalue weighted by Gasteiger charge is -2.04. The summed E-state index contributed by atoms with van der Waals surface area (Å²) in [4.78, 5) is 22.8. The fraction of sp³-hybridized carbons (Fsp3) is 0.0909. The molecule has 0 bridgehead atoms. The van der Waals surface area contributed by atoms with Crippen LogP contribution in [0.15, 0.2) is 36.8 Å². The maximum absolute atomic E-state index is 10.8. The van der Waals surface area contributed by atoms with E-state index in [0.717, 1.165) is 0 Å². The lowest BCUT2D eigenvalue weighted by atomic mass is 10.2. The largest absolute Gasteiger partial charge is 0.478 e. The van der Waals surface area contributed by atoms with Gasteiger partial charge in [0.15, 0.2) is 0 Å².